The number of carboxylic acid groups (broad SMARTS) is 1. The molecular weight excluding hydrogens is 278 g/mol. The van der Waals surface area contributed by atoms with E-state index in [2.05, 4.69) is 5.32 Å². The number of nitrogens with one attached hydrogen (secondary N) is 1. The first-order chi connectivity index (χ1) is 9.72. The standard InChI is InChI=1S/C13H17N3O5/c1-8-4-5-10(16(20)21)6-11(8)14-13(19)15(3)7-9(2)12(17)18/h4-6,9H,7H2,1-3H3,(H,14,19)(H,17,18). The molecule has 1 aromatic rings. The molecular formula is C13H17N3O5. The number of carboxylic acids is 1. The van der Waals surface area contributed by atoms with Crippen LogP contribution in [0.1, 0.15) is 12.5 Å². The summed E-state index contributed by atoms with van der Waals surface area (Å²) in [4.78, 5) is 34.1. The number of nitro groups is 1. The van der Waals surface area contributed by atoms with Gasteiger partial charge in [-0.2, -0.15) is 0 Å². The molecule has 1 unspecified atom stereocenters. The summed E-state index contributed by atoms with van der Waals surface area (Å²) in [5.74, 6) is -1.70. The second kappa shape index (κ2) is 6.69. The molecule has 0 saturated carbocycles. The summed E-state index contributed by atoms with van der Waals surface area (Å²) < 4.78 is 0. The van der Waals surface area contributed by atoms with E-state index in [1.54, 1.807) is 6.92 Å². The predicted molar refractivity (Wildman–Crippen MR) is 76.3 cm³/mol. The lowest BCUT2D eigenvalue weighted by molar-refractivity contribution is -0.384. The molecule has 0 bridgehead atoms. The zero-order chi connectivity index (χ0) is 16.2. The molecule has 1 aromatic carbocycles. The number of urea groups is 1. The Kier molecular flexibility index (Phi) is 5.23. The Balaban J connectivity index is 2.80. The fourth-order valence-electron chi connectivity index (χ4n) is 1.64. The van der Waals surface area contributed by atoms with Crippen LogP contribution in [0.4, 0.5) is 16.2 Å². The highest BCUT2D eigenvalue weighted by Crippen LogP contribution is 2.22. The number of anilines is 1. The van der Waals surface area contributed by atoms with Gasteiger partial charge >= 0.3 is 12.0 Å². The molecule has 2 N–H and O–H groups in total. The van der Waals surface area contributed by atoms with Crippen LogP contribution in [0.3, 0.4) is 0 Å². The molecule has 0 fully saturated rings. The third-order valence-electron chi connectivity index (χ3n) is 2.99. The molecule has 0 aromatic heterocycles. The van der Waals surface area contributed by atoms with Crippen molar-refractivity contribution >= 4 is 23.4 Å². The number of aliphatic carboxylic acids is 1. The van der Waals surface area contributed by atoms with Crippen molar-refractivity contribution in [2.45, 2.75) is 13.8 Å². The van der Waals surface area contributed by atoms with Crippen LogP contribution in [-0.4, -0.2) is 40.5 Å². The number of benzene rings is 1. The Morgan fingerprint density at radius 3 is 2.62 bits per heavy atom. The zero-order valence-electron chi connectivity index (χ0n) is 12.0. The van der Waals surface area contributed by atoms with Gasteiger partial charge in [-0.25, -0.2) is 4.79 Å². The summed E-state index contributed by atoms with van der Waals surface area (Å²) in [5.41, 5.74) is 0.870. The molecule has 114 valence electrons. The Labute approximate surface area is 121 Å². The number of carbonyl (C=O) groups excluding carboxylic acids is 1. The lowest BCUT2D eigenvalue weighted by atomic mass is 10.1. The number of carbonyl (C=O) groups is 2. The molecule has 0 spiro atoms. The normalized spacial score (nSPS) is 11.6. The third kappa shape index (κ3) is 4.44. The quantitative estimate of drug-likeness (QED) is 0.638. The summed E-state index contributed by atoms with van der Waals surface area (Å²) in [5, 5.41) is 22.1. The van der Waals surface area contributed by atoms with E-state index in [-0.39, 0.29) is 12.2 Å². The monoisotopic (exact) mass is 295 g/mol. The first-order valence-electron chi connectivity index (χ1n) is 6.22. The molecule has 0 saturated heterocycles. The van der Waals surface area contributed by atoms with Gasteiger partial charge in [-0.3, -0.25) is 14.9 Å². The van der Waals surface area contributed by atoms with Crippen LogP contribution in [0.25, 0.3) is 0 Å². The summed E-state index contributed by atoms with van der Waals surface area (Å²) in [6, 6.07) is 3.63. The predicted octanol–water partition coefficient (Wildman–Crippen LogP) is 2.09. The van der Waals surface area contributed by atoms with Crippen molar-refractivity contribution < 1.29 is 19.6 Å². The maximum Gasteiger partial charge on any atom is 0.321 e. The molecule has 0 aliphatic heterocycles. The Hall–Kier alpha value is -2.64. The van der Waals surface area contributed by atoms with Crippen LogP contribution in [0.15, 0.2) is 18.2 Å². The molecule has 0 radical (unpaired) electrons. The number of hydrogen-bond acceptors (Lipinski definition) is 4. The summed E-state index contributed by atoms with van der Waals surface area (Å²) in [6.45, 7) is 3.24. The Bertz CT molecular complexity index is 573. The van der Waals surface area contributed by atoms with Gasteiger partial charge in [0.25, 0.3) is 5.69 Å². The molecule has 0 aliphatic carbocycles. The van der Waals surface area contributed by atoms with Gasteiger partial charge in [-0.1, -0.05) is 13.0 Å². The van der Waals surface area contributed by atoms with Gasteiger partial charge in [0.2, 0.25) is 0 Å². The van der Waals surface area contributed by atoms with Gasteiger partial charge < -0.3 is 15.3 Å². The minimum Gasteiger partial charge on any atom is -0.481 e. The van der Waals surface area contributed by atoms with Crippen molar-refractivity contribution in [1.82, 2.24) is 4.90 Å². The largest absolute Gasteiger partial charge is 0.481 e. The number of non-ortho nitro benzene ring substituents is 1. The molecule has 8 heteroatoms. The van der Waals surface area contributed by atoms with Crippen molar-refractivity contribution in [2.24, 2.45) is 5.92 Å². The van der Waals surface area contributed by atoms with Crippen LogP contribution in [0.5, 0.6) is 0 Å². The Morgan fingerprint density at radius 1 is 1.48 bits per heavy atom. The van der Waals surface area contributed by atoms with E-state index in [4.69, 9.17) is 5.11 Å². The minimum absolute atomic E-state index is 0.0368. The van der Waals surface area contributed by atoms with Crippen LogP contribution in [0.2, 0.25) is 0 Å². The second-order valence-electron chi connectivity index (χ2n) is 4.81. The van der Waals surface area contributed by atoms with Crippen molar-refractivity contribution in [2.75, 3.05) is 18.9 Å². The summed E-state index contributed by atoms with van der Waals surface area (Å²) >= 11 is 0. The van der Waals surface area contributed by atoms with E-state index in [9.17, 15) is 19.7 Å². The van der Waals surface area contributed by atoms with E-state index in [1.807, 2.05) is 0 Å². The average molecular weight is 295 g/mol. The smallest absolute Gasteiger partial charge is 0.321 e. The van der Waals surface area contributed by atoms with Gasteiger partial charge in [0, 0.05) is 25.7 Å². The second-order valence-corrected chi connectivity index (χ2v) is 4.81. The van der Waals surface area contributed by atoms with Crippen LogP contribution in [-0.2, 0) is 4.79 Å². The van der Waals surface area contributed by atoms with Gasteiger partial charge in [-0.15, -0.1) is 0 Å². The van der Waals surface area contributed by atoms with Crippen molar-refractivity contribution in [3.8, 4) is 0 Å². The molecule has 8 nitrogen and oxygen atoms in total. The van der Waals surface area contributed by atoms with Crippen LogP contribution < -0.4 is 5.32 Å². The summed E-state index contributed by atoms with van der Waals surface area (Å²) in [6.07, 6.45) is 0. The van der Waals surface area contributed by atoms with Crippen LogP contribution >= 0.6 is 0 Å². The lowest BCUT2D eigenvalue weighted by Gasteiger charge is -2.20. The SMILES string of the molecule is Cc1ccc([N+](=O)[O-])cc1NC(=O)N(C)CC(C)C(=O)O. The number of hydrogen-bond donors (Lipinski definition) is 2. The highest BCUT2D eigenvalue weighted by atomic mass is 16.6. The van der Waals surface area contributed by atoms with E-state index in [0.29, 0.717) is 11.3 Å². The maximum absolute atomic E-state index is 12.0. The van der Waals surface area contributed by atoms with Gasteiger partial charge in [0.05, 0.1) is 16.5 Å². The third-order valence-corrected chi connectivity index (χ3v) is 2.99. The number of nitro benzene ring substituents is 1. The number of amides is 2. The fourth-order valence-corrected chi connectivity index (χ4v) is 1.64. The Morgan fingerprint density at radius 2 is 2.10 bits per heavy atom. The molecule has 1 rings (SSSR count). The van der Waals surface area contributed by atoms with Crippen molar-refractivity contribution in [3.63, 3.8) is 0 Å². The van der Waals surface area contributed by atoms with Gasteiger partial charge in [-0.05, 0) is 12.5 Å². The molecule has 21 heavy (non-hydrogen) atoms. The van der Waals surface area contributed by atoms with E-state index < -0.39 is 22.8 Å². The molecule has 0 heterocycles. The molecule has 1 atom stereocenters. The highest BCUT2D eigenvalue weighted by Gasteiger charge is 2.18. The van der Waals surface area contributed by atoms with Gasteiger partial charge in [0.15, 0.2) is 0 Å². The average Bonchev–Trinajstić information content (AvgIpc) is 2.40. The number of nitrogens with zero attached hydrogens (tertiary/aromatic N) is 2. The van der Waals surface area contributed by atoms with Crippen molar-refractivity contribution in [3.05, 3.63) is 33.9 Å². The van der Waals surface area contributed by atoms with Crippen molar-refractivity contribution in [1.29, 1.82) is 0 Å². The molecule has 0 aliphatic rings. The van der Waals surface area contributed by atoms with E-state index >= 15 is 0 Å². The maximum atomic E-state index is 12.0. The van der Waals surface area contributed by atoms with Gasteiger partial charge in [0.1, 0.15) is 0 Å². The lowest BCUT2D eigenvalue weighted by Crippen LogP contribution is -2.36. The summed E-state index contributed by atoms with van der Waals surface area (Å²) in [7, 11) is 1.46. The topological polar surface area (TPSA) is 113 Å². The van der Waals surface area contributed by atoms with E-state index in [1.165, 1.54) is 37.1 Å². The van der Waals surface area contributed by atoms with E-state index in [0.717, 1.165) is 0 Å². The fraction of sp³-hybridized carbons (Fsp3) is 0.385. The highest BCUT2D eigenvalue weighted by molar-refractivity contribution is 5.90. The van der Waals surface area contributed by atoms with Crippen LogP contribution in [0, 0.1) is 23.0 Å². The zero-order valence-corrected chi connectivity index (χ0v) is 12.0. The molecule has 2 amide bonds. The number of rotatable bonds is 5. The first kappa shape index (κ1) is 16.4. The minimum atomic E-state index is -0.999. The first-order valence-corrected chi connectivity index (χ1v) is 6.22. The number of aryl methyl sites for hydroxylation is 1.